The second kappa shape index (κ2) is 11.9. The third-order valence-corrected chi connectivity index (χ3v) is 5.22. The van der Waals surface area contributed by atoms with Gasteiger partial charge in [-0.25, -0.2) is 0 Å². The van der Waals surface area contributed by atoms with E-state index in [1.807, 2.05) is 0 Å². The summed E-state index contributed by atoms with van der Waals surface area (Å²) in [5.74, 6) is 0. The van der Waals surface area contributed by atoms with E-state index >= 15 is 0 Å². The zero-order valence-electron chi connectivity index (χ0n) is 14.3. The van der Waals surface area contributed by atoms with Crippen LogP contribution in [0.4, 0.5) is 0 Å². The zero-order valence-corrected chi connectivity index (χ0v) is 15.1. The maximum Gasteiger partial charge on any atom is 0.0890 e. The van der Waals surface area contributed by atoms with Gasteiger partial charge in [0.2, 0.25) is 0 Å². The van der Waals surface area contributed by atoms with Gasteiger partial charge in [0, 0.05) is 0 Å². The van der Waals surface area contributed by atoms with E-state index in [0.29, 0.717) is 0 Å². The minimum Gasteiger partial charge on any atom is -1.00 e. The van der Waals surface area contributed by atoms with Crippen molar-refractivity contribution in [2.24, 2.45) is 0 Å². The summed E-state index contributed by atoms with van der Waals surface area (Å²) in [6, 6.07) is 0.999. The molecule has 1 aliphatic rings. The van der Waals surface area contributed by atoms with Gasteiger partial charge in [-0.2, -0.15) is 0 Å². The monoisotopic (exact) mass is 303 g/mol. The van der Waals surface area contributed by atoms with E-state index < -0.39 is 0 Å². The summed E-state index contributed by atoms with van der Waals surface area (Å²) in [6.07, 6.45) is 15.9. The largest absolute Gasteiger partial charge is 1.00 e. The van der Waals surface area contributed by atoms with Crippen molar-refractivity contribution in [3.8, 4) is 0 Å². The van der Waals surface area contributed by atoms with Crippen molar-refractivity contribution in [2.75, 3.05) is 19.6 Å². The highest BCUT2D eigenvalue weighted by Crippen LogP contribution is 2.30. The number of quaternary nitrogens is 1. The number of unbranched alkanes of at least 4 members (excludes halogenated alkanes) is 3. The van der Waals surface area contributed by atoms with E-state index in [4.69, 9.17) is 0 Å². The van der Waals surface area contributed by atoms with Gasteiger partial charge in [-0.1, -0.05) is 46.5 Å². The van der Waals surface area contributed by atoms with Gasteiger partial charge in [-0.3, -0.25) is 0 Å². The summed E-state index contributed by atoms with van der Waals surface area (Å²) in [5.41, 5.74) is 0. The Morgan fingerprint density at radius 1 is 0.700 bits per heavy atom. The highest BCUT2D eigenvalue weighted by Gasteiger charge is 2.35. The van der Waals surface area contributed by atoms with Crippen LogP contribution < -0.4 is 12.4 Å². The Morgan fingerprint density at radius 3 is 1.45 bits per heavy atom. The third-order valence-electron chi connectivity index (χ3n) is 5.22. The first-order valence-corrected chi connectivity index (χ1v) is 9.14. The average Bonchev–Trinajstić information content (AvgIpc) is 2.48. The number of hydrogen-bond acceptors (Lipinski definition) is 0. The van der Waals surface area contributed by atoms with Crippen LogP contribution in [0.25, 0.3) is 0 Å². The standard InChI is InChI=1S/C18H38N.ClH/c1-4-7-15-19(16-8-5-2,17-9-6-3)18-13-11-10-12-14-18;/h18H,4-17H2,1-3H3;1H/q+1;/p-1. The molecule has 0 aromatic carbocycles. The minimum absolute atomic E-state index is 0. The summed E-state index contributed by atoms with van der Waals surface area (Å²) in [4.78, 5) is 0. The lowest BCUT2D eigenvalue weighted by Crippen LogP contribution is -3.00. The molecule has 0 aliphatic heterocycles. The van der Waals surface area contributed by atoms with Crippen LogP contribution in [-0.4, -0.2) is 30.2 Å². The first-order valence-electron chi connectivity index (χ1n) is 9.14. The summed E-state index contributed by atoms with van der Waals surface area (Å²) >= 11 is 0. The zero-order chi connectivity index (χ0) is 14.0. The Labute approximate surface area is 134 Å². The molecular formula is C18H38ClN. The van der Waals surface area contributed by atoms with E-state index in [1.165, 1.54) is 94.7 Å². The third kappa shape index (κ3) is 6.35. The van der Waals surface area contributed by atoms with Crippen LogP contribution >= 0.6 is 0 Å². The molecule has 0 amide bonds. The van der Waals surface area contributed by atoms with Crippen LogP contribution in [0, 0.1) is 0 Å². The Kier molecular flexibility index (Phi) is 12.0. The molecule has 0 aromatic rings. The topological polar surface area (TPSA) is 0 Å². The van der Waals surface area contributed by atoms with E-state index in [0.717, 1.165) is 6.04 Å². The fraction of sp³-hybridized carbons (Fsp3) is 1.00. The Morgan fingerprint density at radius 2 is 1.10 bits per heavy atom. The van der Waals surface area contributed by atoms with E-state index in [2.05, 4.69) is 20.8 Å². The molecule has 0 aromatic heterocycles. The quantitative estimate of drug-likeness (QED) is 0.544. The fourth-order valence-corrected chi connectivity index (χ4v) is 3.93. The molecule has 0 atom stereocenters. The number of hydrogen-bond donors (Lipinski definition) is 0. The molecule has 122 valence electrons. The molecule has 20 heavy (non-hydrogen) atoms. The van der Waals surface area contributed by atoms with Gasteiger partial charge >= 0.3 is 0 Å². The van der Waals surface area contributed by atoms with Crippen molar-refractivity contribution < 1.29 is 16.9 Å². The van der Waals surface area contributed by atoms with Crippen LogP contribution in [0.5, 0.6) is 0 Å². The molecule has 1 rings (SSSR count). The summed E-state index contributed by atoms with van der Waals surface area (Å²) in [6.45, 7) is 11.4. The maximum absolute atomic E-state index is 2.36. The summed E-state index contributed by atoms with van der Waals surface area (Å²) < 4.78 is 1.48. The van der Waals surface area contributed by atoms with Crippen molar-refractivity contribution in [3.63, 3.8) is 0 Å². The molecule has 1 aliphatic carbocycles. The summed E-state index contributed by atoms with van der Waals surface area (Å²) in [5, 5.41) is 0. The maximum atomic E-state index is 2.36. The van der Waals surface area contributed by atoms with Gasteiger partial charge < -0.3 is 16.9 Å². The van der Waals surface area contributed by atoms with Crippen molar-refractivity contribution >= 4 is 0 Å². The fourth-order valence-electron chi connectivity index (χ4n) is 3.93. The van der Waals surface area contributed by atoms with Crippen molar-refractivity contribution in [1.82, 2.24) is 0 Å². The molecule has 0 N–H and O–H groups in total. The van der Waals surface area contributed by atoms with Gasteiger partial charge in [-0.15, -0.1) is 0 Å². The van der Waals surface area contributed by atoms with Crippen LogP contribution in [0.15, 0.2) is 0 Å². The van der Waals surface area contributed by atoms with Gasteiger partial charge in [0.05, 0.1) is 25.7 Å². The average molecular weight is 304 g/mol. The van der Waals surface area contributed by atoms with Crippen molar-refractivity contribution in [1.29, 1.82) is 0 Å². The first kappa shape index (κ1) is 20.2. The number of nitrogens with zero attached hydrogens (tertiary/aromatic N) is 1. The number of halogens is 1. The van der Waals surface area contributed by atoms with Crippen LogP contribution in [0.1, 0.15) is 91.4 Å². The molecular weight excluding hydrogens is 266 g/mol. The van der Waals surface area contributed by atoms with Gasteiger partial charge in [0.1, 0.15) is 0 Å². The summed E-state index contributed by atoms with van der Waals surface area (Å²) in [7, 11) is 0. The molecule has 0 saturated heterocycles. The van der Waals surface area contributed by atoms with E-state index in [9.17, 15) is 0 Å². The van der Waals surface area contributed by atoms with Gasteiger partial charge in [-0.05, 0) is 44.9 Å². The highest BCUT2D eigenvalue weighted by molar-refractivity contribution is 4.68. The molecule has 0 spiro atoms. The predicted molar refractivity (Wildman–Crippen MR) is 86.5 cm³/mol. The smallest absolute Gasteiger partial charge is 0.0890 e. The van der Waals surface area contributed by atoms with Crippen LogP contribution in [0.3, 0.4) is 0 Å². The lowest BCUT2D eigenvalue weighted by Gasteiger charge is -2.47. The molecule has 0 bridgehead atoms. The lowest BCUT2D eigenvalue weighted by atomic mass is 9.91. The normalized spacial score (nSPS) is 16.9. The second-order valence-electron chi connectivity index (χ2n) is 6.74. The predicted octanol–water partition coefficient (Wildman–Crippen LogP) is 2.54. The van der Waals surface area contributed by atoms with E-state index in [-0.39, 0.29) is 12.4 Å². The van der Waals surface area contributed by atoms with Gasteiger partial charge in [0.15, 0.2) is 0 Å². The molecule has 2 heteroatoms. The molecule has 0 heterocycles. The van der Waals surface area contributed by atoms with Crippen molar-refractivity contribution in [3.05, 3.63) is 0 Å². The molecule has 0 radical (unpaired) electrons. The van der Waals surface area contributed by atoms with Crippen molar-refractivity contribution in [2.45, 2.75) is 97.4 Å². The minimum atomic E-state index is 0. The number of rotatable bonds is 10. The van der Waals surface area contributed by atoms with Gasteiger partial charge in [0.25, 0.3) is 0 Å². The lowest BCUT2D eigenvalue weighted by molar-refractivity contribution is -0.953. The van der Waals surface area contributed by atoms with E-state index in [1.54, 1.807) is 0 Å². The van der Waals surface area contributed by atoms with Crippen LogP contribution in [-0.2, 0) is 0 Å². The van der Waals surface area contributed by atoms with Crippen LogP contribution in [0.2, 0.25) is 0 Å². The molecule has 1 fully saturated rings. The molecule has 1 saturated carbocycles. The first-order chi connectivity index (χ1) is 9.29. The molecule has 1 nitrogen and oxygen atoms in total. The molecule has 0 unspecified atom stereocenters. The second-order valence-corrected chi connectivity index (χ2v) is 6.74. The Balaban J connectivity index is 0.00000361. The Hall–Kier alpha value is 0.250. The SMILES string of the molecule is CCCC[N+](CCCC)(CCCC)C1CCCCC1.[Cl-]. The Bertz CT molecular complexity index is 190. The highest BCUT2D eigenvalue weighted by atomic mass is 35.5.